The van der Waals surface area contributed by atoms with Crippen molar-refractivity contribution in [2.75, 3.05) is 5.75 Å². The molecular weight excluding hydrogens is 184 g/mol. The predicted molar refractivity (Wildman–Crippen MR) is 56.1 cm³/mol. The minimum atomic E-state index is -0.590. The Kier molecular flexibility index (Phi) is 4.64. The molecule has 0 unspecified atom stereocenters. The molecule has 3 heteroatoms. The van der Waals surface area contributed by atoms with Gasteiger partial charge in [-0.15, -0.1) is 0 Å². The lowest BCUT2D eigenvalue weighted by atomic mass is 9.89. The van der Waals surface area contributed by atoms with E-state index in [1.54, 1.807) is 0 Å². The largest absolute Gasteiger partial charge is 0.481 e. The molecule has 0 radical (unpaired) electrons. The second-order valence-corrected chi connectivity index (χ2v) is 4.99. The number of aliphatic carboxylic acids is 1. The fraction of sp³-hybridized carbons (Fsp3) is 0.900. The average Bonchev–Trinajstić information content (AvgIpc) is 2.15. The number of hydrogen-bond acceptors (Lipinski definition) is 2. The second-order valence-electron chi connectivity index (χ2n) is 3.64. The van der Waals surface area contributed by atoms with E-state index in [1.165, 1.54) is 6.42 Å². The Morgan fingerprint density at radius 3 is 2.77 bits per heavy atom. The summed E-state index contributed by atoms with van der Waals surface area (Å²) in [6.07, 6.45) is 5.44. The summed E-state index contributed by atoms with van der Waals surface area (Å²) in [6.45, 7) is 2.14. The minimum absolute atomic E-state index is 0.0784. The van der Waals surface area contributed by atoms with E-state index in [4.69, 9.17) is 5.11 Å². The summed E-state index contributed by atoms with van der Waals surface area (Å²) in [5.74, 6) is 0.438. The molecule has 1 aliphatic carbocycles. The predicted octanol–water partition coefficient (Wildman–Crippen LogP) is 2.77. The number of rotatable bonds is 4. The molecule has 0 aliphatic heterocycles. The summed E-state index contributed by atoms with van der Waals surface area (Å²) in [6, 6.07) is 0. The van der Waals surface area contributed by atoms with Crippen molar-refractivity contribution in [3.8, 4) is 0 Å². The van der Waals surface area contributed by atoms with Crippen LogP contribution in [0.3, 0.4) is 0 Å². The van der Waals surface area contributed by atoms with Crippen LogP contribution in [0.4, 0.5) is 0 Å². The van der Waals surface area contributed by atoms with E-state index in [0.717, 1.165) is 31.4 Å². The van der Waals surface area contributed by atoms with Crippen LogP contribution in [-0.4, -0.2) is 22.1 Å². The van der Waals surface area contributed by atoms with Gasteiger partial charge in [0.2, 0.25) is 0 Å². The molecule has 1 rings (SSSR count). The number of carboxylic acids is 1. The van der Waals surface area contributed by atoms with Crippen LogP contribution < -0.4 is 0 Å². The second kappa shape index (κ2) is 5.53. The van der Waals surface area contributed by atoms with Gasteiger partial charge in [-0.05, 0) is 25.0 Å². The molecule has 13 heavy (non-hydrogen) atoms. The van der Waals surface area contributed by atoms with Gasteiger partial charge in [0.1, 0.15) is 0 Å². The maximum absolute atomic E-state index is 10.9. The molecule has 2 nitrogen and oxygen atoms in total. The lowest BCUT2D eigenvalue weighted by Crippen LogP contribution is -2.29. The summed E-state index contributed by atoms with van der Waals surface area (Å²) < 4.78 is 0. The van der Waals surface area contributed by atoms with Gasteiger partial charge in [-0.1, -0.05) is 19.8 Å². The molecule has 0 spiro atoms. The summed E-state index contributed by atoms with van der Waals surface area (Å²) in [5.41, 5.74) is 0. The maximum atomic E-state index is 10.9. The van der Waals surface area contributed by atoms with Gasteiger partial charge in [-0.25, -0.2) is 0 Å². The van der Waals surface area contributed by atoms with Crippen LogP contribution in [0, 0.1) is 5.92 Å². The third-order valence-electron chi connectivity index (χ3n) is 2.56. The number of carboxylic acid groups (broad SMARTS) is 1. The van der Waals surface area contributed by atoms with Crippen molar-refractivity contribution < 1.29 is 9.90 Å². The summed E-state index contributed by atoms with van der Waals surface area (Å²) in [7, 11) is 0. The third kappa shape index (κ3) is 3.22. The van der Waals surface area contributed by atoms with Crippen molar-refractivity contribution >= 4 is 17.7 Å². The molecule has 1 fully saturated rings. The molecule has 0 aromatic rings. The number of thioether (sulfide) groups is 1. The SMILES string of the molecule is CCCS[C@H]1CCCC[C@@H]1C(=O)O. The van der Waals surface area contributed by atoms with Crippen molar-refractivity contribution in [3.05, 3.63) is 0 Å². The Morgan fingerprint density at radius 2 is 2.15 bits per heavy atom. The highest BCUT2D eigenvalue weighted by atomic mass is 32.2. The zero-order valence-corrected chi connectivity index (χ0v) is 8.98. The van der Waals surface area contributed by atoms with Gasteiger partial charge >= 0.3 is 5.97 Å². The molecule has 0 amide bonds. The summed E-state index contributed by atoms with van der Waals surface area (Å²) >= 11 is 1.85. The zero-order valence-electron chi connectivity index (χ0n) is 8.16. The first kappa shape index (κ1) is 10.9. The fourth-order valence-electron chi connectivity index (χ4n) is 1.85. The van der Waals surface area contributed by atoms with E-state index >= 15 is 0 Å². The summed E-state index contributed by atoms with van der Waals surface area (Å²) in [4.78, 5) is 10.9. The Bertz CT molecular complexity index is 170. The van der Waals surface area contributed by atoms with Gasteiger partial charge in [-0.3, -0.25) is 4.79 Å². The topological polar surface area (TPSA) is 37.3 Å². The molecule has 0 saturated heterocycles. The first-order valence-corrected chi connectivity index (χ1v) is 6.15. The van der Waals surface area contributed by atoms with Gasteiger partial charge in [0.25, 0.3) is 0 Å². The van der Waals surface area contributed by atoms with Gasteiger partial charge < -0.3 is 5.11 Å². The standard InChI is InChI=1S/C10H18O2S/c1-2-7-13-9-6-4-3-5-8(9)10(11)12/h8-9H,2-7H2,1H3,(H,11,12)/t8-,9-/m0/s1. The van der Waals surface area contributed by atoms with Crippen LogP contribution in [-0.2, 0) is 4.79 Å². The molecule has 1 aliphatic rings. The van der Waals surface area contributed by atoms with Gasteiger partial charge in [0.05, 0.1) is 5.92 Å². The normalized spacial score (nSPS) is 28.7. The van der Waals surface area contributed by atoms with E-state index in [-0.39, 0.29) is 5.92 Å². The Hall–Kier alpha value is -0.180. The van der Waals surface area contributed by atoms with E-state index < -0.39 is 5.97 Å². The molecule has 76 valence electrons. The quantitative estimate of drug-likeness (QED) is 0.761. The van der Waals surface area contributed by atoms with Crippen molar-refractivity contribution in [2.45, 2.75) is 44.3 Å². The first-order chi connectivity index (χ1) is 6.25. The van der Waals surface area contributed by atoms with Gasteiger partial charge in [0, 0.05) is 5.25 Å². The number of carbonyl (C=O) groups is 1. The molecule has 2 atom stereocenters. The molecule has 1 N–H and O–H groups in total. The number of hydrogen-bond donors (Lipinski definition) is 1. The third-order valence-corrected chi connectivity index (χ3v) is 4.19. The Morgan fingerprint density at radius 1 is 1.46 bits per heavy atom. The van der Waals surface area contributed by atoms with E-state index in [9.17, 15) is 4.79 Å². The van der Waals surface area contributed by atoms with Gasteiger partial charge in [0.15, 0.2) is 0 Å². The zero-order chi connectivity index (χ0) is 9.68. The minimum Gasteiger partial charge on any atom is -0.481 e. The van der Waals surface area contributed by atoms with Crippen LogP contribution in [0.25, 0.3) is 0 Å². The van der Waals surface area contributed by atoms with Crippen LogP contribution in [0.1, 0.15) is 39.0 Å². The Balaban J connectivity index is 2.41. The molecular formula is C10H18O2S. The van der Waals surface area contributed by atoms with Crippen molar-refractivity contribution in [1.29, 1.82) is 0 Å². The van der Waals surface area contributed by atoms with Crippen molar-refractivity contribution in [3.63, 3.8) is 0 Å². The lowest BCUT2D eigenvalue weighted by molar-refractivity contribution is -0.142. The maximum Gasteiger partial charge on any atom is 0.307 e. The highest BCUT2D eigenvalue weighted by Crippen LogP contribution is 2.33. The highest BCUT2D eigenvalue weighted by Gasteiger charge is 2.30. The van der Waals surface area contributed by atoms with E-state index in [1.807, 2.05) is 11.8 Å². The highest BCUT2D eigenvalue weighted by molar-refractivity contribution is 7.99. The first-order valence-electron chi connectivity index (χ1n) is 5.10. The van der Waals surface area contributed by atoms with Crippen LogP contribution in [0.5, 0.6) is 0 Å². The van der Waals surface area contributed by atoms with Crippen LogP contribution >= 0.6 is 11.8 Å². The van der Waals surface area contributed by atoms with Crippen LogP contribution in [0.2, 0.25) is 0 Å². The molecule has 0 aromatic carbocycles. The Labute approximate surface area is 84.1 Å². The fourth-order valence-corrected chi connectivity index (χ4v) is 3.20. The molecule has 0 aromatic heterocycles. The van der Waals surface area contributed by atoms with Crippen molar-refractivity contribution in [2.24, 2.45) is 5.92 Å². The monoisotopic (exact) mass is 202 g/mol. The molecule has 0 heterocycles. The van der Waals surface area contributed by atoms with Crippen molar-refractivity contribution in [1.82, 2.24) is 0 Å². The average molecular weight is 202 g/mol. The van der Waals surface area contributed by atoms with E-state index in [0.29, 0.717) is 5.25 Å². The summed E-state index contributed by atoms with van der Waals surface area (Å²) in [5, 5.41) is 9.38. The van der Waals surface area contributed by atoms with E-state index in [2.05, 4.69) is 6.92 Å². The lowest BCUT2D eigenvalue weighted by Gasteiger charge is -2.27. The van der Waals surface area contributed by atoms with Crippen LogP contribution in [0.15, 0.2) is 0 Å². The molecule has 0 bridgehead atoms. The van der Waals surface area contributed by atoms with Gasteiger partial charge in [-0.2, -0.15) is 11.8 Å². The smallest absolute Gasteiger partial charge is 0.307 e. The molecule has 1 saturated carbocycles.